The number of amides is 1. The first-order chi connectivity index (χ1) is 10.4. The fraction of sp³-hybridized carbons (Fsp3) is 0.467. The molecule has 7 heteroatoms. The molecule has 0 spiro atoms. The Labute approximate surface area is 127 Å². The van der Waals surface area contributed by atoms with Crippen LogP contribution < -0.4 is 5.32 Å². The van der Waals surface area contributed by atoms with Crippen molar-refractivity contribution in [2.75, 3.05) is 0 Å². The van der Waals surface area contributed by atoms with E-state index in [9.17, 15) is 18.4 Å². The predicted octanol–water partition coefficient (Wildman–Crippen LogP) is 3.05. The zero-order valence-electron chi connectivity index (χ0n) is 12.2. The highest BCUT2D eigenvalue weighted by atomic mass is 19.3. The second kappa shape index (κ2) is 8.96. The Morgan fingerprint density at radius 3 is 2.41 bits per heavy atom. The lowest BCUT2D eigenvalue weighted by Gasteiger charge is -2.18. The number of halogens is 2. The minimum Gasteiger partial charge on any atom is -0.480 e. The van der Waals surface area contributed by atoms with Crippen LogP contribution in [-0.2, 0) is 16.1 Å². The first-order valence-corrected chi connectivity index (χ1v) is 6.86. The summed E-state index contributed by atoms with van der Waals surface area (Å²) in [5, 5.41) is 11.2. The molecule has 1 aromatic rings. The summed E-state index contributed by atoms with van der Waals surface area (Å²) < 4.78 is 29.4. The van der Waals surface area contributed by atoms with Gasteiger partial charge >= 0.3 is 12.1 Å². The number of carbonyl (C=O) groups is 2. The highest BCUT2D eigenvalue weighted by molar-refractivity contribution is 5.79. The van der Waals surface area contributed by atoms with Crippen LogP contribution in [0.3, 0.4) is 0 Å². The van der Waals surface area contributed by atoms with E-state index in [1.54, 1.807) is 24.3 Å². The summed E-state index contributed by atoms with van der Waals surface area (Å²) in [4.78, 5) is 22.7. The number of carboxylic acids is 1. The number of ether oxygens (including phenoxy) is 1. The van der Waals surface area contributed by atoms with Gasteiger partial charge in [-0.1, -0.05) is 37.3 Å². The van der Waals surface area contributed by atoms with Crippen LogP contribution >= 0.6 is 0 Å². The van der Waals surface area contributed by atoms with Crippen LogP contribution in [0, 0.1) is 5.92 Å². The second-order valence-corrected chi connectivity index (χ2v) is 5.06. The first kappa shape index (κ1) is 17.9. The van der Waals surface area contributed by atoms with Crippen LogP contribution in [0.4, 0.5) is 13.6 Å². The number of aliphatic carboxylic acids is 1. The molecule has 2 unspecified atom stereocenters. The molecular weight excluding hydrogens is 296 g/mol. The van der Waals surface area contributed by atoms with Gasteiger partial charge in [0, 0.05) is 6.42 Å². The van der Waals surface area contributed by atoms with Crippen molar-refractivity contribution in [1.82, 2.24) is 5.32 Å². The molecule has 1 amide bonds. The Kier molecular flexibility index (Phi) is 7.28. The molecule has 2 atom stereocenters. The van der Waals surface area contributed by atoms with Gasteiger partial charge in [0.1, 0.15) is 12.6 Å². The molecule has 22 heavy (non-hydrogen) atoms. The SMILES string of the molecule is CC(CC(F)F)CC(NC(=O)OCc1ccccc1)C(=O)O. The summed E-state index contributed by atoms with van der Waals surface area (Å²) in [6.45, 7) is 1.52. The normalized spacial score (nSPS) is 13.5. The van der Waals surface area contributed by atoms with E-state index >= 15 is 0 Å². The molecule has 2 N–H and O–H groups in total. The van der Waals surface area contributed by atoms with E-state index in [4.69, 9.17) is 9.84 Å². The summed E-state index contributed by atoms with van der Waals surface area (Å²) in [5.41, 5.74) is 0.760. The van der Waals surface area contributed by atoms with Gasteiger partial charge < -0.3 is 15.2 Å². The predicted molar refractivity (Wildman–Crippen MR) is 75.6 cm³/mol. The Morgan fingerprint density at radius 2 is 1.86 bits per heavy atom. The number of carbonyl (C=O) groups excluding carboxylic acids is 1. The van der Waals surface area contributed by atoms with Gasteiger partial charge in [-0.25, -0.2) is 18.4 Å². The molecule has 0 aliphatic carbocycles. The smallest absolute Gasteiger partial charge is 0.408 e. The van der Waals surface area contributed by atoms with Crippen molar-refractivity contribution >= 4 is 12.1 Å². The van der Waals surface area contributed by atoms with E-state index in [0.717, 1.165) is 5.56 Å². The van der Waals surface area contributed by atoms with Crippen molar-refractivity contribution in [3.05, 3.63) is 35.9 Å². The monoisotopic (exact) mass is 315 g/mol. The van der Waals surface area contributed by atoms with Gasteiger partial charge in [-0.05, 0) is 17.9 Å². The molecule has 5 nitrogen and oxygen atoms in total. The Hall–Kier alpha value is -2.18. The largest absolute Gasteiger partial charge is 0.480 e. The van der Waals surface area contributed by atoms with Gasteiger partial charge in [0.2, 0.25) is 6.43 Å². The fourth-order valence-electron chi connectivity index (χ4n) is 1.93. The minimum atomic E-state index is -2.51. The highest BCUT2D eigenvalue weighted by Gasteiger charge is 2.24. The topological polar surface area (TPSA) is 75.6 Å². The van der Waals surface area contributed by atoms with Crippen LogP contribution in [0.5, 0.6) is 0 Å². The molecule has 1 rings (SSSR count). The molecule has 0 bridgehead atoms. The summed E-state index contributed by atoms with van der Waals surface area (Å²) in [6, 6.07) is 7.64. The number of benzene rings is 1. The first-order valence-electron chi connectivity index (χ1n) is 6.86. The molecule has 0 saturated carbocycles. The number of nitrogens with one attached hydrogen (secondary N) is 1. The third kappa shape index (κ3) is 7.01. The zero-order valence-corrected chi connectivity index (χ0v) is 12.2. The number of hydrogen-bond acceptors (Lipinski definition) is 3. The van der Waals surface area contributed by atoms with Crippen molar-refractivity contribution in [3.63, 3.8) is 0 Å². The molecule has 0 saturated heterocycles. The lowest BCUT2D eigenvalue weighted by molar-refractivity contribution is -0.139. The van der Waals surface area contributed by atoms with Gasteiger partial charge in [0.05, 0.1) is 0 Å². The minimum absolute atomic E-state index is 0.00556. The number of alkyl halides is 2. The third-order valence-corrected chi connectivity index (χ3v) is 3.02. The fourth-order valence-corrected chi connectivity index (χ4v) is 1.93. The van der Waals surface area contributed by atoms with Crippen molar-refractivity contribution in [3.8, 4) is 0 Å². The highest BCUT2D eigenvalue weighted by Crippen LogP contribution is 2.16. The molecule has 0 aliphatic heterocycles. The Balaban J connectivity index is 2.45. The van der Waals surface area contributed by atoms with Crippen LogP contribution in [0.1, 0.15) is 25.3 Å². The molecule has 1 aromatic carbocycles. The van der Waals surface area contributed by atoms with Crippen molar-refractivity contribution in [1.29, 1.82) is 0 Å². The lowest BCUT2D eigenvalue weighted by Crippen LogP contribution is -2.42. The van der Waals surface area contributed by atoms with Gasteiger partial charge in [-0.3, -0.25) is 0 Å². The van der Waals surface area contributed by atoms with Crippen molar-refractivity contribution in [2.24, 2.45) is 5.92 Å². The zero-order chi connectivity index (χ0) is 16.5. The van der Waals surface area contributed by atoms with E-state index in [1.807, 2.05) is 6.07 Å². The molecule has 0 aromatic heterocycles. The van der Waals surface area contributed by atoms with E-state index < -0.39 is 36.9 Å². The summed E-state index contributed by atoms with van der Waals surface area (Å²) in [6.07, 6.45) is -3.89. The second-order valence-electron chi connectivity index (χ2n) is 5.06. The van der Waals surface area contributed by atoms with E-state index in [-0.39, 0.29) is 13.0 Å². The van der Waals surface area contributed by atoms with Gasteiger partial charge in [0.25, 0.3) is 0 Å². The number of carboxylic acid groups (broad SMARTS) is 1. The van der Waals surface area contributed by atoms with Crippen LogP contribution in [0.25, 0.3) is 0 Å². The maximum Gasteiger partial charge on any atom is 0.408 e. The van der Waals surface area contributed by atoms with E-state index in [1.165, 1.54) is 6.92 Å². The quantitative estimate of drug-likeness (QED) is 0.773. The maximum absolute atomic E-state index is 12.2. The molecule has 0 heterocycles. The van der Waals surface area contributed by atoms with E-state index in [2.05, 4.69) is 5.32 Å². The van der Waals surface area contributed by atoms with Crippen molar-refractivity contribution < 1.29 is 28.2 Å². The molecule has 0 fully saturated rings. The van der Waals surface area contributed by atoms with Crippen LogP contribution in [-0.4, -0.2) is 29.6 Å². The summed E-state index contributed by atoms with van der Waals surface area (Å²) in [5.74, 6) is -1.81. The molecular formula is C15H19F2NO4. The molecule has 0 aliphatic rings. The Bertz CT molecular complexity index is 482. The summed E-state index contributed by atoms with van der Waals surface area (Å²) >= 11 is 0. The number of rotatable bonds is 8. The van der Waals surface area contributed by atoms with Gasteiger partial charge in [-0.15, -0.1) is 0 Å². The third-order valence-electron chi connectivity index (χ3n) is 3.02. The maximum atomic E-state index is 12.2. The van der Waals surface area contributed by atoms with E-state index in [0.29, 0.717) is 0 Å². The Morgan fingerprint density at radius 1 is 1.23 bits per heavy atom. The lowest BCUT2D eigenvalue weighted by atomic mass is 9.99. The average molecular weight is 315 g/mol. The van der Waals surface area contributed by atoms with Gasteiger partial charge in [0.15, 0.2) is 0 Å². The van der Waals surface area contributed by atoms with Crippen LogP contribution in [0.2, 0.25) is 0 Å². The molecule has 122 valence electrons. The average Bonchev–Trinajstić information content (AvgIpc) is 2.44. The number of alkyl carbamates (subject to hydrolysis) is 1. The standard InChI is InChI=1S/C15H19F2NO4/c1-10(8-13(16)17)7-12(14(19)20)18-15(21)22-9-11-5-3-2-4-6-11/h2-6,10,12-13H,7-9H2,1H3,(H,18,21)(H,19,20). The van der Waals surface area contributed by atoms with Crippen LogP contribution in [0.15, 0.2) is 30.3 Å². The summed E-state index contributed by atoms with van der Waals surface area (Å²) in [7, 11) is 0. The van der Waals surface area contributed by atoms with Gasteiger partial charge in [-0.2, -0.15) is 0 Å². The number of hydrogen-bond donors (Lipinski definition) is 2. The van der Waals surface area contributed by atoms with Crippen molar-refractivity contribution in [2.45, 2.75) is 38.8 Å². The molecule has 0 radical (unpaired) electrons.